The quantitative estimate of drug-likeness (QED) is 0.790. The van der Waals surface area contributed by atoms with Crippen LogP contribution >= 0.6 is 0 Å². The van der Waals surface area contributed by atoms with Crippen molar-refractivity contribution < 1.29 is 9.53 Å². The lowest BCUT2D eigenvalue weighted by Crippen LogP contribution is -2.39. The Hall–Kier alpha value is -1.62. The third-order valence-corrected chi connectivity index (χ3v) is 2.94. The molecular formula is C13H19N3O2. The fraction of sp³-hybridized carbons (Fsp3) is 0.538. The van der Waals surface area contributed by atoms with Gasteiger partial charge in [-0.2, -0.15) is 0 Å². The van der Waals surface area contributed by atoms with Crippen LogP contribution in [0.2, 0.25) is 0 Å². The molecule has 0 aromatic carbocycles. The third kappa shape index (κ3) is 3.20. The van der Waals surface area contributed by atoms with Crippen LogP contribution in [0, 0.1) is 0 Å². The zero-order chi connectivity index (χ0) is 12.8. The van der Waals surface area contributed by atoms with E-state index in [4.69, 9.17) is 4.74 Å². The molecule has 5 nitrogen and oxygen atoms in total. The van der Waals surface area contributed by atoms with E-state index in [2.05, 4.69) is 15.6 Å². The molecule has 1 aromatic rings. The number of hydrogen-bond acceptors (Lipinski definition) is 5. The van der Waals surface area contributed by atoms with Gasteiger partial charge < -0.3 is 15.4 Å². The van der Waals surface area contributed by atoms with Crippen molar-refractivity contribution in [3.63, 3.8) is 0 Å². The second-order valence-electron chi connectivity index (χ2n) is 4.31. The molecule has 1 aliphatic heterocycles. The Morgan fingerprint density at radius 1 is 1.67 bits per heavy atom. The summed E-state index contributed by atoms with van der Waals surface area (Å²) in [7, 11) is 0. The van der Waals surface area contributed by atoms with E-state index in [1.54, 1.807) is 25.3 Å². The first-order valence-electron chi connectivity index (χ1n) is 6.40. The van der Waals surface area contributed by atoms with Gasteiger partial charge >= 0.3 is 5.97 Å². The van der Waals surface area contributed by atoms with Crippen LogP contribution in [-0.2, 0) is 4.74 Å². The average molecular weight is 249 g/mol. The van der Waals surface area contributed by atoms with Crippen molar-refractivity contribution >= 4 is 11.8 Å². The minimum absolute atomic E-state index is 0.321. The van der Waals surface area contributed by atoms with Crippen LogP contribution in [0.4, 0.5) is 5.82 Å². The predicted molar refractivity (Wildman–Crippen MR) is 69.7 cm³/mol. The average Bonchev–Trinajstić information content (AvgIpc) is 2.41. The molecular weight excluding hydrogens is 230 g/mol. The van der Waals surface area contributed by atoms with Crippen molar-refractivity contribution in [2.24, 2.45) is 0 Å². The number of ether oxygens (including phenoxy) is 1. The number of carbonyl (C=O) groups excluding carboxylic acids is 1. The smallest absolute Gasteiger partial charge is 0.341 e. The molecule has 18 heavy (non-hydrogen) atoms. The van der Waals surface area contributed by atoms with Crippen LogP contribution in [0.15, 0.2) is 18.3 Å². The Balaban J connectivity index is 2.08. The molecule has 0 bridgehead atoms. The monoisotopic (exact) mass is 249 g/mol. The predicted octanol–water partition coefficient (Wildman–Crippen LogP) is 1.42. The minimum Gasteiger partial charge on any atom is -0.462 e. The Labute approximate surface area is 107 Å². The molecule has 1 unspecified atom stereocenters. The highest BCUT2D eigenvalue weighted by molar-refractivity contribution is 5.94. The van der Waals surface area contributed by atoms with Gasteiger partial charge in [0.25, 0.3) is 0 Å². The summed E-state index contributed by atoms with van der Waals surface area (Å²) in [6.07, 6.45) is 3.91. The van der Waals surface area contributed by atoms with Crippen molar-refractivity contribution in [1.82, 2.24) is 10.3 Å². The number of pyridine rings is 1. The van der Waals surface area contributed by atoms with Crippen molar-refractivity contribution in [3.8, 4) is 0 Å². The molecule has 0 saturated carbocycles. The summed E-state index contributed by atoms with van der Waals surface area (Å²) in [5.74, 6) is 0.293. The highest BCUT2D eigenvalue weighted by Crippen LogP contribution is 2.16. The summed E-state index contributed by atoms with van der Waals surface area (Å²) < 4.78 is 5.02. The van der Waals surface area contributed by atoms with Gasteiger partial charge in [-0.3, -0.25) is 0 Å². The van der Waals surface area contributed by atoms with Crippen LogP contribution < -0.4 is 10.6 Å². The van der Waals surface area contributed by atoms with Gasteiger partial charge in [-0.05, 0) is 38.4 Å². The number of aromatic nitrogens is 1. The van der Waals surface area contributed by atoms with E-state index in [-0.39, 0.29) is 5.97 Å². The summed E-state index contributed by atoms with van der Waals surface area (Å²) in [5.41, 5.74) is 0.505. The second kappa shape index (κ2) is 6.35. The van der Waals surface area contributed by atoms with Crippen molar-refractivity contribution in [2.75, 3.05) is 25.0 Å². The Bertz CT molecular complexity index is 403. The van der Waals surface area contributed by atoms with Crippen molar-refractivity contribution in [2.45, 2.75) is 25.8 Å². The fourth-order valence-electron chi connectivity index (χ4n) is 2.06. The van der Waals surface area contributed by atoms with Gasteiger partial charge in [-0.1, -0.05) is 0 Å². The molecule has 0 radical (unpaired) electrons. The molecule has 2 heterocycles. The Kier molecular flexibility index (Phi) is 4.52. The number of hydrogen-bond donors (Lipinski definition) is 2. The Morgan fingerprint density at radius 2 is 2.56 bits per heavy atom. The van der Waals surface area contributed by atoms with Gasteiger partial charge in [0.05, 0.1) is 6.61 Å². The maximum absolute atomic E-state index is 11.8. The van der Waals surface area contributed by atoms with E-state index in [1.807, 2.05) is 0 Å². The number of piperidine rings is 1. The first-order valence-corrected chi connectivity index (χ1v) is 6.40. The molecule has 0 amide bonds. The standard InChI is InChI=1S/C13H19N3O2/c1-2-18-13(17)11-6-4-8-15-12(11)16-10-5-3-7-14-9-10/h4,6,8,10,14H,2-3,5,7,9H2,1H3,(H,15,16). The highest BCUT2D eigenvalue weighted by atomic mass is 16.5. The molecule has 2 rings (SSSR count). The van der Waals surface area contributed by atoms with Crippen molar-refractivity contribution in [1.29, 1.82) is 0 Å². The molecule has 1 fully saturated rings. The van der Waals surface area contributed by atoms with E-state index in [0.717, 1.165) is 25.9 Å². The van der Waals surface area contributed by atoms with E-state index in [9.17, 15) is 4.79 Å². The number of nitrogens with zero attached hydrogens (tertiary/aromatic N) is 1. The summed E-state index contributed by atoms with van der Waals surface area (Å²) >= 11 is 0. The molecule has 5 heteroatoms. The van der Waals surface area contributed by atoms with Gasteiger partial charge in [0.15, 0.2) is 0 Å². The number of rotatable bonds is 4. The van der Waals surface area contributed by atoms with Gasteiger partial charge in [0, 0.05) is 18.8 Å². The normalized spacial score (nSPS) is 19.3. The maximum Gasteiger partial charge on any atom is 0.341 e. The lowest BCUT2D eigenvalue weighted by Gasteiger charge is -2.24. The van der Waals surface area contributed by atoms with Gasteiger partial charge in [0.2, 0.25) is 0 Å². The van der Waals surface area contributed by atoms with Crippen LogP contribution in [-0.4, -0.2) is 36.7 Å². The van der Waals surface area contributed by atoms with E-state index >= 15 is 0 Å². The summed E-state index contributed by atoms with van der Waals surface area (Å²) in [5, 5.41) is 6.64. The molecule has 1 aliphatic rings. The van der Waals surface area contributed by atoms with Crippen LogP contribution in [0.3, 0.4) is 0 Å². The highest BCUT2D eigenvalue weighted by Gasteiger charge is 2.18. The van der Waals surface area contributed by atoms with Gasteiger partial charge in [-0.15, -0.1) is 0 Å². The zero-order valence-electron chi connectivity index (χ0n) is 10.6. The molecule has 98 valence electrons. The topological polar surface area (TPSA) is 63.2 Å². The first-order chi connectivity index (χ1) is 8.81. The van der Waals surface area contributed by atoms with Crippen LogP contribution in [0.5, 0.6) is 0 Å². The molecule has 2 N–H and O–H groups in total. The largest absolute Gasteiger partial charge is 0.462 e. The zero-order valence-corrected chi connectivity index (χ0v) is 10.6. The summed E-state index contributed by atoms with van der Waals surface area (Å²) in [6.45, 7) is 4.13. The lowest BCUT2D eigenvalue weighted by molar-refractivity contribution is 0.0527. The molecule has 1 saturated heterocycles. The van der Waals surface area contributed by atoms with Gasteiger partial charge in [-0.25, -0.2) is 9.78 Å². The molecule has 1 atom stereocenters. The first kappa shape index (κ1) is 12.8. The van der Waals surface area contributed by atoms with E-state index in [0.29, 0.717) is 24.0 Å². The number of carbonyl (C=O) groups is 1. The fourth-order valence-corrected chi connectivity index (χ4v) is 2.06. The van der Waals surface area contributed by atoms with E-state index < -0.39 is 0 Å². The second-order valence-corrected chi connectivity index (χ2v) is 4.31. The SMILES string of the molecule is CCOC(=O)c1cccnc1NC1CCCNC1. The van der Waals surface area contributed by atoms with Crippen molar-refractivity contribution in [3.05, 3.63) is 23.9 Å². The Morgan fingerprint density at radius 3 is 3.28 bits per heavy atom. The minimum atomic E-state index is -0.322. The number of esters is 1. The molecule has 1 aromatic heterocycles. The number of nitrogens with one attached hydrogen (secondary N) is 2. The number of anilines is 1. The third-order valence-electron chi connectivity index (χ3n) is 2.94. The summed E-state index contributed by atoms with van der Waals surface area (Å²) in [6, 6.07) is 3.81. The lowest BCUT2D eigenvalue weighted by atomic mass is 10.1. The van der Waals surface area contributed by atoms with Gasteiger partial charge in [0.1, 0.15) is 11.4 Å². The summed E-state index contributed by atoms with van der Waals surface area (Å²) in [4.78, 5) is 16.0. The molecule has 0 aliphatic carbocycles. The molecule has 0 spiro atoms. The van der Waals surface area contributed by atoms with Crippen LogP contribution in [0.1, 0.15) is 30.1 Å². The maximum atomic E-state index is 11.8. The van der Waals surface area contributed by atoms with Crippen LogP contribution in [0.25, 0.3) is 0 Å². The van der Waals surface area contributed by atoms with E-state index in [1.165, 1.54) is 0 Å².